The van der Waals surface area contributed by atoms with Crippen LogP contribution in [0.25, 0.3) is 0 Å². The zero-order chi connectivity index (χ0) is 22.8. The summed E-state index contributed by atoms with van der Waals surface area (Å²) in [5, 5.41) is 19.8. The highest BCUT2D eigenvalue weighted by atomic mass is 16.4. The molecule has 9 heteroatoms. The monoisotopic (exact) mass is 432 g/mol. The lowest BCUT2D eigenvalue weighted by molar-refractivity contribution is -0.138. The van der Waals surface area contributed by atoms with E-state index in [4.69, 9.17) is 5.11 Å². The van der Waals surface area contributed by atoms with Crippen LogP contribution in [0.5, 0.6) is 0 Å². The number of carbonyl (C=O) groups is 4. The van der Waals surface area contributed by atoms with Crippen LogP contribution in [-0.2, 0) is 25.6 Å². The second-order valence-electron chi connectivity index (χ2n) is 8.20. The molecule has 9 nitrogen and oxygen atoms in total. The Morgan fingerprint density at radius 1 is 1.06 bits per heavy atom. The first-order valence-corrected chi connectivity index (χ1v) is 10.6. The van der Waals surface area contributed by atoms with Gasteiger partial charge in [0.05, 0.1) is 6.04 Å². The number of amides is 3. The number of carboxylic acids is 1. The van der Waals surface area contributed by atoms with Crippen LogP contribution < -0.4 is 21.3 Å². The predicted octanol–water partition coefficient (Wildman–Crippen LogP) is 0.198. The first-order valence-electron chi connectivity index (χ1n) is 10.6. The number of hydrogen-bond donors (Lipinski definition) is 5. The molecule has 0 aliphatic carbocycles. The molecule has 3 amide bonds. The Morgan fingerprint density at radius 2 is 1.77 bits per heavy atom. The first-order chi connectivity index (χ1) is 14.8. The highest BCUT2D eigenvalue weighted by molar-refractivity contribution is 5.93. The standard InChI is InChI=1S/C22H32N4O5/c1-14(2)11-17(20(29)24-13-19(27)28)25-22(31)18(12-15-7-4-3-5-8-15)26-21(30)16-9-6-10-23-16/h3-5,7-8,14,16-18,23H,6,9-13H2,1-2H3,(H,24,29)(H,25,31)(H,26,30)(H,27,28). The number of carbonyl (C=O) groups excluding carboxylic acids is 3. The van der Waals surface area contributed by atoms with E-state index in [0.29, 0.717) is 12.8 Å². The number of benzene rings is 1. The minimum absolute atomic E-state index is 0.0886. The number of nitrogens with one attached hydrogen (secondary N) is 4. The van der Waals surface area contributed by atoms with Crippen LogP contribution in [0.3, 0.4) is 0 Å². The third kappa shape index (κ3) is 8.37. The predicted molar refractivity (Wildman–Crippen MR) is 115 cm³/mol. The third-order valence-electron chi connectivity index (χ3n) is 5.05. The van der Waals surface area contributed by atoms with Crippen LogP contribution >= 0.6 is 0 Å². The number of aliphatic carboxylic acids is 1. The van der Waals surface area contributed by atoms with Crippen molar-refractivity contribution in [3.63, 3.8) is 0 Å². The molecule has 0 radical (unpaired) electrons. The van der Waals surface area contributed by atoms with Gasteiger partial charge in [0.2, 0.25) is 17.7 Å². The van der Waals surface area contributed by atoms with Gasteiger partial charge in [-0.3, -0.25) is 19.2 Å². The van der Waals surface area contributed by atoms with E-state index in [1.165, 1.54) is 0 Å². The van der Waals surface area contributed by atoms with Gasteiger partial charge in [-0.1, -0.05) is 44.2 Å². The van der Waals surface area contributed by atoms with E-state index in [-0.39, 0.29) is 24.3 Å². The Hall–Kier alpha value is -2.94. The molecule has 1 aromatic rings. The minimum atomic E-state index is -1.17. The molecule has 0 saturated carbocycles. The van der Waals surface area contributed by atoms with E-state index in [1.54, 1.807) is 0 Å². The normalized spacial score (nSPS) is 17.6. The fraction of sp³-hybridized carbons (Fsp3) is 0.545. The lowest BCUT2D eigenvalue weighted by Crippen LogP contribution is -2.56. The van der Waals surface area contributed by atoms with Crippen molar-refractivity contribution in [1.82, 2.24) is 21.3 Å². The average Bonchev–Trinajstić information content (AvgIpc) is 3.26. The highest BCUT2D eigenvalue weighted by Crippen LogP contribution is 2.10. The molecule has 1 fully saturated rings. The van der Waals surface area contributed by atoms with Crippen molar-refractivity contribution in [2.24, 2.45) is 5.92 Å². The number of hydrogen-bond acceptors (Lipinski definition) is 5. The Balaban J connectivity index is 2.12. The molecule has 1 saturated heterocycles. The topological polar surface area (TPSA) is 137 Å². The molecule has 1 aliphatic rings. The summed E-state index contributed by atoms with van der Waals surface area (Å²) in [6.07, 6.45) is 2.22. The summed E-state index contributed by atoms with van der Waals surface area (Å²) in [7, 11) is 0. The Kier molecular flexibility index (Phi) is 9.45. The molecule has 31 heavy (non-hydrogen) atoms. The summed E-state index contributed by atoms with van der Waals surface area (Å²) in [5.74, 6) is -2.37. The van der Waals surface area contributed by atoms with Crippen molar-refractivity contribution in [2.45, 2.75) is 57.7 Å². The summed E-state index contributed by atoms with van der Waals surface area (Å²) in [4.78, 5) is 48.9. The molecule has 5 N–H and O–H groups in total. The van der Waals surface area contributed by atoms with Crippen LogP contribution in [0, 0.1) is 5.92 Å². The van der Waals surface area contributed by atoms with Crippen molar-refractivity contribution in [1.29, 1.82) is 0 Å². The molecular formula is C22H32N4O5. The van der Waals surface area contributed by atoms with Crippen LogP contribution in [0.2, 0.25) is 0 Å². The zero-order valence-electron chi connectivity index (χ0n) is 18.0. The maximum absolute atomic E-state index is 13.1. The van der Waals surface area contributed by atoms with Crippen molar-refractivity contribution in [3.8, 4) is 0 Å². The van der Waals surface area contributed by atoms with Gasteiger partial charge in [0.25, 0.3) is 0 Å². The minimum Gasteiger partial charge on any atom is -0.480 e. The summed E-state index contributed by atoms with van der Waals surface area (Å²) in [6.45, 7) is 4.03. The van der Waals surface area contributed by atoms with Gasteiger partial charge >= 0.3 is 5.97 Å². The van der Waals surface area contributed by atoms with E-state index in [0.717, 1.165) is 18.5 Å². The molecule has 170 valence electrons. The molecular weight excluding hydrogens is 400 g/mol. The molecule has 3 unspecified atom stereocenters. The van der Waals surface area contributed by atoms with E-state index < -0.39 is 36.4 Å². The Labute approximate surface area is 182 Å². The fourth-order valence-corrected chi connectivity index (χ4v) is 3.50. The van der Waals surface area contributed by atoms with Gasteiger partial charge in [0.1, 0.15) is 18.6 Å². The van der Waals surface area contributed by atoms with Gasteiger partial charge in [-0.15, -0.1) is 0 Å². The summed E-state index contributed by atoms with van der Waals surface area (Å²) < 4.78 is 0. The van der Waals surface area contributed by atoms with E-state index in [9.17, 15) is 19.2 Å². The number of rotatable bonds is 11. The fourth-order valence-electron chi connectivity index (χ4n) is 3.50. The molecule has 1 aliphatic heterocycles. The largest absolute Gasteiger partial charge is 0.480 e. The van der Waals surface area contributed by atoms with Crippen molar-refractivity contribution < 1.29 is 24.3 Å². The highest BCUT2D eigenvalue weighted by Gasteiger charge is 2.30. The van der Waals surface area contributed by atoms with Gasteiger partial charge in [-0.2, -0.15) is 0 Å². The molecule has 1 aromatic carbocycles. The van der Waals surface area contributed by atoms with Crippen LogP contribution in [0.1, 0.15) is 38.7 Å². The maximum atomic E-state index is 13.1. The Bertz CT molecular complexity index is 762. The third-order valence-corrected chi connectivity index (χ3v) is 5.05. The van der Waals surface area contributed by atoms with Crippen LogP contribution in [-0.4, -0.2) is 60.0 Å². The van der Waals surface area contributed by atoms with E-state index >= 15 is 0 Å². The lowest BCUT2D eigenvalue weighted by Gasteiger charge is -2.25. The zero-order valence-corrected chi connectivity index (χ0v) is 18.0. The van der Waals surface area contributed by atoms with Crippen LogP contribution in [0.4, 0.5) is 0 Å². The molecule has 2 rings (SSSR count). The van der Waals surface area contributed by atoms with E-state index in [2.05, 4.69) is 21.3 Å². The van der Waals surface area contributed by atoms with E-state index in [1.807, 2.05) is 44.2 Å². The molecule has 0 bridgehead atoms. The van der Waals surface area contributed by atoms with Gasteiger partial charge in [0, 0.05) is 6.42 Å². The lowest BCUT2D eigenvalue weighted by atomic mass is 10.0. The summed E-state index contributed by atoms with van der Waals surface area (Å²) in [5.41, 5.74) is 0.873. The quantitative estimate of drug-likeness (QED) is 0.339. The molecule has 3 atom stereocenters. The number of carboxylic acid groups (broad SMARTS) is 1. The summed E-state index contributed by atoms with van der Waals surface area (Å²) in [6, 6.07) is 7.21. The Morgan fingerprint density at radius 3 is 2.35 bits per heavy atom. The summed E-state index contributed by atoms with van der Waals surface area (Å²) >= 11 is 0. The van der Waals surface area contributed by atoms with Gasteiger partial charge in [0.15, 0.2) is 0 Å². The maximum Gasteiger partial charge on any atom is 0.322 e. The van der Waals surface area contributed by atoms with Crippen LogP contribution in [0.15, 0.2) is 30.3 Å². The second-order valence-corrected chi connectivity index (χ2v) is 8.20. The van der Waals surface area contributed by atoms with Crippen molar-refractivity contribution in [3.05, 3.63) is 35.9 Å². The van der Waals surface area contributed by atoms with Crippen molar-refractivity contribution in [2.75, 3.05) is 13.1 Å². The van der Waals surface area contributed by atoms with Gasteiger partial charge in [-0.05, 0) is 37.3 Å². The molecule has 1 heterocycles. The smallest absolute Gasteiger partial charge is 0.322 e. The van der Waals surface area contributed by atoms with Gasteiger partial charge in [-0.25, -0.2) is 0 Å². The average molecular weight is 433 g/mol. The van der Waals surface area contributed by atoms with Crippen molar-refractivity contribution >= 4 is 23.7 Å². The SMILES string of the molecule is CC(C)CC(NC(=O)C(Cc1ccccc1)NC(=O)C1CCCN1)C(=O)NCC(=O)O. The van der Waals surface area contributed by atoms with Gasteiger partial charge < -0.3 is 26.4 Å². The molecule has 0 aromatic heterocycles. The second kappa shape index (κ2) is 12.0. The first kappa shape index (κ1) is 24.3. The molecule has 0 spiro atoms.